The minimum Gasteiger partial charge on any atom is -0.508 e. The van der Waals surface area contributed by atoms with Crippen molar-refractivity contribution in [1.29, 1.82) is 0 Å². The lowest BCUT2D eigenvalue weighted by atomic mass is 9.73. The van der Waals surface area contributed by atoms with Crippen LogP contribution < -0.4 is 4.90 Å². The van der Waals surface area contributed by atoms with Crippen LogP contribution in [0.25, 0.3) is 0 Å². The quantitative estimate of drug-likeness (QED) is 0.341. The molecule has 0 aromatic heterocycles. The van der Waals surface area contributed by atoms with E-state index in [0.717, 1.165) is 36.6 Å². The fourth-order valence-electron chi connectivity index (χ4n) is 8.47. The van der Waals surface area contributed by atoms with Crippen molar-refractivity contribution < 1.29 is 9.90 Å². The molecule has 1 saturated carbocycles. The molecule has 3 unspecified atom stereocenters. The second-order valence-corrected chi connectivity index (χ2v) is 15.0. The number of anilines is 1. The van der Waals surface area contributed by atoms with Gasteiger partial charge in [-0.25, -0.2) is 0 Å². The van der Waals surface area contributed by atoms with Crippen LogP contribution in [0.1, 0.15) is 152 Å². The van der Waals surface area contributed by atoms with E-state index in [1.165, 1.54) is 34.5 Å². The Labute approximate surface area is 266 Å². The van der Waals surface area contributed by atoms with Crippen molar-refractivity contribution in [2.75, 3.05) is 18.0 Å². The highest BCUT2D eigenvalue weighted by molar-refractivity contribution is 6.07. The fraction of sp³-hybridized carbons (Fsp3) is 0.718. The molecule has 4 heteroatoms. The van der Waals surface area contributed by atoms with Gasteiger partial charge in [-0.05, 0) is 86.8 Å². The fourth-order valence-corrected chi connectivity index (χ4v) is 8.47. The maximum Gasteiger partial charge on any atom is 0.183 e. The molecule has 1 spiro atoms. The van der Waals surface area contributed by atoms with E-state index in [1.807, 2.05) is 12.1 Å². The Balaban J connectivity index is 0.000000287. The molecule has 1 saturated heterocycles. The lowest BCUT2D eigenvalue weighted by Gasteiger charge is -2.36. The summed E-state index contributed by atoms with van der Waals surface area (Å²) < 4.78 is 0. The van der Waals surface area contributed by atoms with Gasteiger partial charge < -0.3 is 14.9 Å². The molecule has 5 rings (SSSR count). The van der Waals surface area contributed by atoms with Crippen LogP contribution in [-0.4, -0.2) is 41.0 Å². The van der Waals surface area contributed by atoms with Crippen LogP contribution in [0.5, 0.6) is 5.75 Å². The number of nitrogens with zero attached hydrogens (tertiary/aromatic N) is 2. The number of phenolic OH excluding ortho intramolecular Hbond substituents is 1. The van der Waals surface area contributed by atoms with Gasteiger partial charge in [-0.1, -0.05) is 77.2 Å². The number of hydrogen-bond acceptors (Lipinski definition) is 4. The summed E-state index contributed by atoms with van der Waals surface area (Å²) in [6, 6.07) is 2.99. The van der Waals surface area contributed by atoms with E-state index < -0.39 is 0 Å². The number of hydrogen-bond donors (Lipinski definition) is 1. The number of allylic oxidation sites excluding steroid dienone is 3. The molecule has 4 nitrogen and oxygen atoms in total. The first-order chi connectivity index (χ1) is 19.1. The van der Waals surface area contributed by atoms with Gasteiger partial charge in [-0.2, -0.15) is 0 Å². The van der Waals surface area contributed by atoms with Crippen LogP contribution >= 0.6 is 0 Å². The third-order valence-corrected chi connectivity index (χ3v) is 10.2. The number of aromatic hydroxyl groups is 1. The van der Waals surface area contributed by atoms with E-state index in [4.69, 9.17) is 0 Å². The van der Waals surface area contributed by atoms with Gasteiger partial charge in [0.15, 0.2) is 5.78 Å². The number of benzene rings is 1. The number of fused-ring (bicyclic) bond motifs is 1. The lowest BCUT2D eigenvalue weighted by Crippen LogP contribution is -2.34. The molecule has 1 N–H and O–H groups in total. The van der Waals surface area contributed by atoms with Crippen molar-refractivity contribution in [3.05, 3.63) is 45.7 Å². The maximum atomic E-state index is 12.7. The smallest absolute Gasteiger partial charge is 0.183 e. The number of rotatable bonds is 7. The Morgan fingerprint density at radius 2 is 1.37 bits per heavy atom. The summed E-state index contributed by atoms with van der Waals surface area (Å²) in [7, 11) is 0. The van der Waals surface area contributed by atoms with Crippen molar-refractivity contribution in [3.8, 4) is 5.75 Å². The summed E-state index contributed by atoms with van der Waals surface area (Å²) >= 11 is 0. The molecule has 1 aromatic rings. The standard InChI is InChI=1S/C19H31NO.C18H27NO.2CH4/c1-8-14-10-20(13(6)7)15-9-16(21)17(11(2)3)18(12(4)5)19(14)15;1-10(2)16-14(20)7-15-18(17(16)11(3)4)8-13(18)9-19(15)12(5)6;;/h9,11-14,21H,8,10H2,1-7H3;7,10-13H,8-9H2,1-6H3;2*1H4. The van der Waals surface area contributed by atoms with Crippen molar-refractivity contribution in [1.82, 2.24) is 4.90 Å². The molecule has 2 aliphatic heterocycles. The summed E-state index contributed by atoms with van der Waals surface area (Å²) in [4.78, 5) is 17.6. The summed E-state index contributed by atoms with van der Waals surface area (Å²) in [5.41, 5.74) is 9.45. The average Bonchev–Trinajstić information content (AvgIpc) is 3.28. The van der Waals surface area contributed by atoms with E-state index in [1.54, 1.807) is 0 Å². The van der Waals surface area contributed by atoms with Crippen LogP contribution in [0.2, 0.25) is 0 Å². The number of carbonyl (C=O) groups excluding carboxylic acids is 1. The van der Waals surface area contributed by atoms with Crippen LogP contribution in [0.15, 0.2) is 29.0 Å². The summed E-state index contributed by atoms with van der Waals surface area (Å²) in [6.07, 6.45) is 4.39. The van der Waals surface area contributed by atoms with Gasteiger partial charge in [-0.15, -0.1) is 0 Å². The Morgan fingerprint density at radius 3 is 1.81 bits per heavy atom. The maximum absolute atomic E-state index is 12.7. The van der Waals surface area contributed by atoms with Gasteiger partial charge >= 0.3 is 0 Å². The first kappa shape index (κ1) is 37.0. The predicted octanol–water partition coefficient (Wildman–Crippen LogP) is 10.4. The molecular weight excluding hydrogens is 528 g/mol. The molecule has 2 fully saturated rings. The molecule has 244 valence electrons. The van der Waals surface area contributed by atoms with Gasteiger partial charge in [0, 0.05) is 71.2 Å². The van der Waals surface area contributed by atoms with Gasteiger partial charge in [0.2, 0.25) is 0 Å². The second kappa shape index (κ2) is 13.4. The minimum atomic E-state index is 0. The number of likely N-dealkylation sites (tertiary alicyclic amines) is 1. The van der Waals surface area contributed by atoms with E-state index in [9.17, 15) is 9.90 Å². The van der Waals surface area contributed by atoms with E-state index in [2.05, 4.69) is 99.8 Å². The summed E-state index contributed by atoms with van der Waals surface area (Å²) in [5.74, 6) is 3.70. The Morgan fingerprint density at radius 1 is 0.814 bits per heavy atom. The third kappa shape index (κ3) is 6.06. The average molecular weight is 595 g/mol. The first-order valence-corrected chi connectivity index (χ1v) is 16.5. The molecule has 0 bridgehead atoms. The lowest BCUT2D eigenvalue weighted by molar-refractivity contribution is -0.112. The number of carbonyl (C=O) groups is 1. The highest BCUT2D eigenvalue weighted by Crippen LogP contribution is 2.71. The zero-order valence-electron chi connectivity index (χ0n) is 28.4. The first-order valence-electron chi connectivity index (χ1n) is 16.5. The van der Waals surface area contributed by atoms with E-state index in [-0.39, 0.29) is 26.1 Å². The molecule has 4 aliphatic rings. The molecular formula is C39H66N2O2. The third-order valence-electron chi connectivity index (χ3n) is 10.2. The Bertz CT molecular complexity index is 1230. The Kier molecular flexibility index (Phi) is 11.5. The molecule has 3 atom stereocenters. The summed E-state index contributed by atoms with van der Waals surface area (Å²) in [6.45, 7) is 31.2. The van der Waals surface area contributed by atoms with Crippen molar-refractivity contribution in [2.24, 2.45) is 23.2 Å². The Hall–Kier alpha value is -2.23. The molecule has 2 aliphatic carbocycles. The summed E-state index contributed by atoms with van der Waals surface area (Å²) in [5, 5.41) is 10.6. The second-order valence-electron chi connectivity index (χ2n) is 15.0. The van der Waals surface area contributed by atoms with E-state index in [0.29, 0.717) is 47.4 Å². The topological polar surface area (TPSA) is 43.8 Å². The van der Waals surface area contributed by atoms with Gasteiger partial charge in [0.1, 0.15) is 5.75 Å². The zero-order valence-corrected chi connectivity index (χ0v) is 28.4. The van der Waals surface area contributed by atoms with Crippen molar-refractivity contribution in [3.63, 3.8) is 0 Å². The van der Waals surface area contributed by atoms with Crippen LogP contribution in [0.3, 0.4) is 0 Å². The number of piperidine rings is 1. The molecule has 1 aromatic carbocycles. The minimum absolute atomic E-state index is 0. The highest BCUT2D eigenvalue weighted by atomic mass is 16.3. The molecule has 0 radical (unpaired) electrons. The van der Waals surface area contributed by atoms with Crippen LogP contribution in [0, 0.1) is 23.2 Å². The van der Waals surface area contributed by atoms with E-state index >= 15 is 0 Å². The van der Waals surface area contributed by atoms with Crippen molar-refractivity contribution >= 4 is 11.5 Å². The highest BCUT2D eigenvalue weighted by Gasteiger charge is 2.67. The van der Waals surface area contributed by atoms with Gasteiger partial charge in [0.05, 0.1) is 0 Å². The van der Waals surface area contributed by atoms with Crippen molar-refractivity contribution in [2.45, 2.75) is 148 Å². The predicted molar refractivity (Wildman–Crippen MR) is 187 cm³/mol. The molecule has 43 heavy (non-hydrogen) atoms. The van der Waals surface area contributed by atoms with Gasteiger partial charge in [0.25, 0.3) is 0 Å². The molecule has 0 amide bonds. The normalized spacial score (nSPS) is 23.9. The SMILES string of the molecule is C.C.CC(C)C1=C(C(C)C)C23CC2CN(C(C)C)C3=CC1=O.CCC1CN(C(C)C)c2cc(O)c(C(C)C)c(C(C)C)c21. The largest absolute Gasteiger partial charge is 0.508 e. The van der Waals surface area contributed by atoms with Crippen LogP contribution in [-0.2, 0) is 4.79 Å². The number of phenols is 1. The molecule has 2 heterocycles. The zero-order chi connectivity index (χ0) is 30.7. The van der Waals surface area contributed by atoms with Gasteiger partial charge in [-0.3, -0.25) is 4.79 Å². The monoisotopic (exact) mass is 595 g/mol. The van der Waals surface area contributed by atoms with Crippen LogP contribution in [0.4, 0.5) is 5.69 Å². The number of ketones is 1.